The molecule has 24 heavy (non-hydrogen) atoms. The predicted octanol–water partition coefficient (Wildman–Crippen LogP) is 3.68. The van der Waals surface area contributed by atoms with Gasteiger partial charge in [0.2, 0.25) is 5.91 Å². The van der Waals surface area contributed by atoms with E-state index >= 15 is 0 Å². The normalized spacial score (nSPS) is 11.8. The number of carboxylic acids is 1. The van der Waals surface area contributed by atoms with Crippen LogP contribution in [0, 0.1) is 5.82 Å². The maximum absolute atomic E-state index is 13.8. The molecule has 0 radical (unpaired) electrons. The Bertz CT molecular complexity index is 728. The van der Waals surface area contributed by atoms with Gasteiger partial charge in [-0.1, -0.05) is 30.3 Å². The number of hydrogen-bond acceptors (Lipinski definition) is 2. The summed E-state index contributed by atoms with van der Waals surface area (Å²) in [6.07, 6.45) is 0.786. The molecule has 0 bridgehead atoms. The van der Waals surface area contributed by atoms with Crippen molar-refractivity contribution in [3.05, 3.63) is 71.0 Å². The van der Waals surface area contributed by atoms with Gasteiger partial charge in [0.25, 0.3) is 0 Å². The van der Waals surface area contributed by atoms with Crippen LogP contribution in [-0.4, -0.2) is 28.9 Å². The highest BCUT2D eigenvalue weighted by Crippen LogP contribution is 2.22. The van der Waals surface area contributed by atoms with E-state index in [2.05, 4.69) is 0 Å². The summed E-state index contributed by atoms with van der Waals surface area (Å²) in [5.74, 6) is -1.39. The Hall–Kier alpha value is -2.69. The van der Waals surface area contributed by atoms with Crippen LogP contribution in [0.2, 0.25) is 0 Å². The van der Waals surface area contributed by atoms with E-state index in [1.807, 2.05) is 0 Å². The fourth-order valence-electron chi connectivity index (χ4n) is 2.48. The minimum atomic E-state index is -0.976. The van der Waals surface area contributed by atoms with E-state index < -0.39 is 5.97 Å². The van der Waals surface area contributed by atoms with Crippen LogP contribution in [0.4, 0.5) is 4.39 Å². The molecule has 2 aromatic carbocycles. The predicted molar refractivity (Wildman–Crippen MR) is 89.3 cm³/mol. The molecule has 0 spiro atoms. The Labute approximate surface area is 140 Å². The van der Waals surface area contributed by atoms with E-state index in [9.17, 15) is 14.0 Å². The number of carboxylic acid groups (broad SMARTS) is 1. The molecule has 0 saturated carbocycles. The Morgan fingerprint density at radius 3 is 2.33 bits per heavy atom. The number of rotatable bonds is 6. The van der Waals surface area contributed by atoms with Crippen LogP contribution in [0.5, 0.6) is 0 Å². The van der Waals surface area contributed by atoms with Crippen molar-refractivity contribution >= 4 is 11.9 Å². The molecule has 126 valence electrons. The molecular formula is C19H20FNO3. The van der Waals surface area contributed by atoms with Crippen molar-refractivity contribution < 1.29 is 19.1 Å². The van der Waals surface area contributed by atoms with Crippen molar-refractivity contribution in [2.24, 2.45) is 0 Å². The summed E-state index contributed by atoms with van der Waals surface area (Å²) in [4.78, 5) is 24.7. The van der Waals surface area contributed by atoms with Crippen LogP contribution in [-0.2, 0) is 11.2 Å². The molecule has 2 aromatic rings. The molecule has 1 atom stereocenters. The van der Waals surface area contributed by atoms with Gasteiger partial charge in [0.1, 0.15) is 5.82 Å². The van der Waals surface area contributed by atoms with Gasteiger partial charge in [-0.3, -0.25) is 4.79 Å². The smallest absolute Gasteiger partial charge is 0.335 e. The monoisotopic (exact) mass is 329 g/mol. The van der Waals surface area contributed by atoms with Gasteiger partial charge in [-0.15, -0.1) is 0 Å². The molecule has 0 aliphatic heterocycles. The first kappa shape index (κ1) is 17.7. The standard InChI is InChI=1S/C19H20FNO3/c1-13(16-5-3-4-6-17(16)20)21(2)18(22)12-9-14-7-10-15(11-8-14)19(23)24/h3-8,10-11,13H,9,12H2,1-2H3,(H,23,24). The lowest BCUT2D eigenvalue weighted by atomic mass is 10.0. The molecule has 5 heteroatoms. The van der Waals surface area contributed by atoms with Crippen molar-refractivity contribution in [3.8, 4) is 0 Å². The second kappa shape index (κ2) is 7.73. The van der Waals surface area contributed by atoms with Crippen molar-refractivity contribution in [1.29, 1.82) is 0 Å². The second-order valence-electron chi connectivity index (χ2n) is 5.70. The van der Waals surface area contributed by atoms with E-state index in [1.165, 1.54) is 23.1 Å². The summed E-state index contributed by atoms with van der Waals surface area (Å²) in [6.45, 7) is 1.79. The zero-order valence-corrected chi connectivity index (χ0v) is 13.7. The maximum atomic E-state index is 13.8. The highest BCUT2D eigenvalue weighted by atomic mass is 19.1. The van der Waals surface area contributed by atoms with Crippen LogP contribution in [0.1, 0.15) is 40.9 Å². The molecule has 0 fully saturated rings. The molecule has 0 aromatic heterocycles. The average Bonchev–Trinajstić information content (AvgIpc) is 2.59. The van der Waals surface area contributed by atoms with Gasteiger partial charge in [0.15, 0.2) is 0 Å². The summed E-state index contributed by atoms with van der Waals surface area (Å²) in [7, 11) is 1.66. The SMILES string of the molecule is CC(c1ccccc1F)N(C)C(=O)CCc1ccc(C(=O)O)cc1. The van der Waals surface area contributed by atoms with E-state index in [1.54, 1.807) is 44.3 Å². The molecular weight excluding hydrogens is 309 g/mol. The maximum Gasteiger partial charge on any atom is 0.335 e. The number of benzene rings is 2. The molecule has 1 amide bonds. The summed E-state index contributed by atoms with van der Waals surface area (Å²) in [6, 6.07) is 12.5. The number of aryl methyl sites for hydroxylation is 1. The van der Waals surface area contributed by atoms with Gasteiger partial charge in [0.05, 0.1) is 11.6 Å². The van der Waals surface area contributed by atoms with Gasteiger partial charge < -0.3 is 10.0 Å². The molecule has 0 saturated heterocycles. The van der Waals surface area contributed by atoms with Crippen molar-refractivity contribution in [3.63, 3.8) is 0 Å². The van der Waals surface area contributed by atoms with Gasteiger partial charge in [0, 0.05) is 19.0 Å². The fraction of sp³-hybridized carbons (Fsp3) is 0.263. The molecule has 1 unspecified atom stereocenters. The first-order chi connectivity index (χ1) is 11.4. The van der Waals surface area contributed by atoms with Crippen molar-refractivity contribution in [1.82, 2.24) is 4.90 Å². The van der Waals surface area contributed by atoms with Crippen LogP contribution in [0.3, 0.4) is 0 Å². The first-order valence-electron chi connectivity index (χ1n) is 7.72. The number of hydrogen-bond donors (Lipinski definition) is 1. The third kappa shape index (κ3) is 4.19. The number of amides is 1. The zero-order valence-electron chi connectivity index (χ0n) is 13.7. The van der Waals surface area contributed by atoms with E-state index in [4.69, 9.17) is 5.11 Å². The van der Waals surface area contributed by atoms with E-state index in [0.717, 1.165) is 5.56 Å². The van der Waals surface area contributed by atoms with Gasteiger partial charge in [-0.05, 0) is 37.1 Å². The quantitative estimate of drug-likeness (QED) is 0.879. The number of carbonyl (C=O) groups is 2. The summed E-state index contributed by atoms with van der Waals surface area (Å²) in [5, 5.41) is 8.87. The Morgan fingerprint density at radius 2 is 1.75 bits per heavy atom. The van der Waals surface area contributed by atoms with Crippen LogP contribution in [0.25, 0.3) is 0 Å². The lowest BCUT2D eigenvalue weighted by Gasteiger charge is -2.25. The third-order valence-corrected chi connectivity index (χ3v) is 4.16. The summed E-state index contributed by atoms with van der Waals surface area (Å²) in [5.41, 5.74) is 1.59. The third-order valence-electron chi connectivity index (χ3n) is 4.16. The minimum absolute atomic E-state index is 0.0898. The molecule has 0 aliphatic rings. The molecule has 2 rings (SSSR count). The molecule has 4 nitrogen and oxygen atoms in total. The Morgan fingerprint density at radius 1 is 1.12 bits per heavy atom. The van der Waals surface area contributed by atoms with Crippen molar-refractivity contribution in [2.45, 2.75) is 25.8 Å². The summed E-state index contributed by atoms with van der Waals surface area (Å²) >= 11 is 0. The number of aromatic carboxylic acids is 1. The minimum Gasteiger partial charge on any atom is -0.478 e. The number of halogens is 1. The Balaban J connectivity index is 1.96. The first-order valence-corrected chi connectivity index (χ1v) is 7.72. The topological polar surface area (TPSA) is 57.6 Å². The largest absolute Gasteiger partial charge is 0.478 e. The molecule has 0 aliphatic carbocycles. The van der Waals surface area contributed by atoms with Gasteiger partial charge in [-0.25, -0.2) is 9.18 Å². The number of nitrogens with zero attached hydrogens (tertiary/aromatic N) is 1. The Kier molecular flexibility index (Phi) is 5.68. The second-order valence-corrected chi connectivity index (χ2v) is 5.70. The highest BCUT2D eigenvalue weighted by molar-refractivity contribution is 5.87. The van der Waals surface area contributed by atoms with Crippen LogP contribution < -0.4 is 0 Å². The van der Waals surface area contributed by atoms with Gasteiger partial charge >= 0.3 is 5.97 Å². The van der Waals surface area contributed by atoms with E-state index in [0.29, 0.717) is 12.0 Å². The van der Waals surface area contributed by atoms with Crippen LogP contribution in [0.15, 0.2) is 48.5 Å². The lowest BCUT2D eigenvalue weighted by molar-refractivity contribution is -0.131. The van der Waals surface area contributed by atoms with Gasteiger partial charge in [-0.2, -0.15) is 0 Å². The van der Waals surface area contributed by atoms with Crippen molar-refractivity contribution in [2.75, 3.05) is 7.05 Å². The van der Waals surface area contributed by atoms with Crippen LogP contribution >= 0.6 is 0 Å². The van der Waals surface area contributed by atoms with E-state index in [-0.39, 0.29) is 29.8 Å². The molecule has 0 heterocycles. The lowest BCUT2D eigenvalue weighted by Crippen LogP contribution is -2.30. The number of carbonyl (C=O) groups excluding carboxylic acids is 1. The zero-order chi connectivity index (χ0) is 17.7. The fourth-order valence-corrected chi connectivity index (χ4v) is 2.48. The highest BCUT2D eigenvalue weighted by Gasteiger charge is 2.19. The average molecular weight is 329 g/mol. The molecule has 1 N–H and O–H groups in total. The summed E-state index contributed by atoms with van der Waals surface area (Å²) < 4.78 is 13.8.